The highest BCUT2D eigenvalue weighted by molar-refractivity contribution is 5.63. The van der Waals surface area contributed by atoms with Crippen LogP contribution in [0.2, 0.25) is 0 Å². The van der Waals surface area contributed by atoms with Crippen LogP contribution >= 0.6 is 0 Å². The maximum absolute atomic E-state index is 10.2. The second-order valence-electron chi connectivity index (χ2n) is 6.46. The largest absolute Gasteiger partial charge is 0.491 e. The van der Waals surface area contributed by atoms with Crippen LogP contribution in [0, 0.1) is 0 Å². The van der Waals surface area contributed by atoms with Gasteiger partial charge in [0, 0.05) is 32.7 Å². The molecule has 1 aliphatic heterocycles. The Morgan fingerprint density at radius 3 is 2.21 bits per heavy atom. The lowest BCUT2D eigenvalue weighted by Crippen LogP contribution is -2.47. The fraction of sp³-hybridized carbons (Fsp3) is 0.400. The number of β-amino-alcohol motifs (C(OH)–C–C–N with tert-alkyl or cyclic N) is 1. The molecule has 4 nitrogen and oxygen atoms in total. The summed E-state index contributed by atoms with van der Waals surface area (Å²) in [4.78, 5) is 4.61. The van der Waals surface area contributed by atoms with Gasteiger partial charge in [0.25, 0.3) is 0 Å². The van der Waals surface area contributed by atoms with E-state index in [2.05, 4.69) is 41.1 Å². The predicted octanol–water partition coefficient (Wildman–Crippen LogP) is 2.34. The Balaban J connectivity index is 1.46. The fourth-order valence-electron chi connectivity index (χ4n) is 2.95. The molecule has 0 radical (unpaired) electrons. The second kappa shape index (κ2) is 8.29. The van der Waals surface area contributed by atoms with Gasteiger partial charge in [-0.15, -0.1) is 0 Å². The molecule has 1 unspecified atom stereocenters. The van der Waals surface area contributed by atoms with Crippen molar-refractivity contribution in [1.29, 1.82) is 0 Å². The van der Waals surface area contributed by atoms with Crippen molar-refractivity contribution in [2.24, 2.45) is 0 Å². The number of likely N-dealkylation sites (N-methyl/N-ethyl adjacent to an activating group) is 1. The van der Waals surface area contributed by atoms with Crippen LogP contribution in [0.3, 0.4) is 0 Å². The van der Waals surface area contributed by atoms with E-state index in [4.69, 9.17) is 4.74 Å². The van der Waals surface area contributed by atoms with Gasteiger partial charge in [-0.2, -0.15) is 0 Å². The lowest BCUT2D eigenvalue weighted by molar-refractivity contribution is 0.0505. The van der Waals surface area contributed by atoms with Crippen LogP contribution in [-0.4, -0.2) is 67.4 Å². The van der Waals surface area contributed by atoms with E-state index in [1.54, 1.807) is 0 Å². The van der Waals surface area contributed by atoms with E-state index < -0.39 is 6.10 Å². The molecular formula is C20H26N2O2. The van der Waals surface area contributed by atoms with E-state index >= 15 is 0 Å². The molecule has 2 aromatic rings. The zero-order valence-electron chi connectivity index (χ0n) is 14.3. The summed E-state index contributed by atoms with van der Waals surface area (Å²) in [5.41, 5.74) is 2.36. The van der Waals surface area contributed by atoms with Crippen molar-refractivity contribution in [3.63, 3.8) is 0 Å². The van der Waals surface area contributed by atoms with Crippen LogP contribution in [0.5, 0.6) is 5.75 Å². The number of rotatable bonds is 6. The Labute approximate surface area is 144 Å². The monoisotopic (exact) mass is 326 g/mol. The van der Waals surface area contributed by atoms with E-state index in [-0.39, 0.29) is 0 Å². The van der Waals surface area contributed by atoms with Gasteiger partial charge >= 0.3 is 0 Å². The van der Waals surface area contributed by atoms with Crippen LogP contribution in [-0.2, 0) is 0 Å². The quantitative estimate of drug-likeness (QED) is 0.884. The minimum absolute atomic E-state index is 0.330. The van der Waals surface area contributed by atoms with Crippen molar-refractivity contribution < 1.29 is 9.84 Å². The van der Waals surface area contributed by atoms with Gasteiger partial charge in [0.2, 0.25) is 0 Å². The van der Waals surface area contributed by atoms with Gasteiger partial charge in [-0.1, -0.05) is 42.5 Å². The summed E-state index contributed by atoms with van der Waals surface area (Å²) < 4.78 is 5.73. The number of piperazine rings is 1. The van der Waals surface area contributed by atoms with Crippen molar-refractivity contribution in [2.75, 3.05) is 46.4 Å². The molecule has 1 heterocycles. The molecule has 1 saturated heterocycles. The minimum atomic E-state index is -0.456. The molecule has 24 heavy (non-hydrogen) atoms. The number of aliphatic hydroxyl groups excluding tert-OH is 1. The molecule has 1 aliphatic rings. The van der Waals surface area contributed by atoms with E-state index in [0.717, 1.165) is 31.9 Å². The SMILES string of the molecule is CN1CCN(CC(O)COc2ccc(-c3ccccc3)cc2)CC1. The minimum Gasteiger partial charge on any atom is -0.491 e. The van der Waals surface area contributed by atoms with Crippen molar-refractivity contribution in [2.45, 2.75) is 6.10 Å². The van der Waals surface area contributed by atoms with E-state index in [0.29, 0.717) is 13.2 Å². The summed E-state index contributed by atoms with van der Waals surface area (Å²) in [7, 11) is 2.13. The van der Waals surface area contributed by atoms with Gasteiger partial charge in [-0.25, -0.2) is 0 Å². The predicted molar refractivity (Wildman–Crippen MR) is 97.3 cm³/mol. The van der Waals surface area contributed by atoms with Gasteiger partial charge in [-0.3, -0.25) is 4.90 Å². The number of benzene rings is 2. The van der Waals surface area contributed by atoms with E-state index in [1.807, 2.05) is 30.3 Å². The van der Waals surface area contributed by atoms with Crippen LogP contribution in [0.1, 0.15) is 0 Å². The van der Waals surface area contributed by atoms with E-state index in [1.165, 1.54) is 11.1 Å². The average Bonchev–Trinajstić information content (AvgIpc) is 2.63. The summed E-state index contributed by atoms with van der Waals surface area (Å²) in [5, 5.41) is 10.2. The van der Waals surface area contributed by atoms with Crippen molar-refractivity contribution in [1.82, 2.24) is 9.80 Å². The Hall–Kier alpha value is -1.88. The Kier molecular flexibility index (Phi) is 5.86. The van der Waals surface area contributed by atoms with Gasteiger partial charge in [0.05, 0.1) is 0 Å². The third kappa shape index (κ3) is 4.81. The Bertz CT molecular complexity index is 607. The zero-order valence-corrected chi connectivity index (χ0v) is 14.3. The summed E-state index contributed by atoms with van der Waals surface area (Å²) in [6.07, 6.45) is -0.456. The van der Waals surface area contributed by atoms with Crippen molar-refractivity contribution >= 4 is 0 Å². The highest BCUT2D eigenvalue weighted by atomic mass is 16.5. The standard InChI is InChI=1S/C20H26N2O2/c1-21-11-13-22(14-12-21)15-19(23)16-24-20-9-7-18(8-10-20)17-5-3-2-4-6-17/h2-10,19,23H,11-16H2,1H3. The summed E-state index contributed by atoms with van der Waals surface area (Å²) in [5.74, 6) is 0.798. The molecule has 1 N–H and O–H groups in total. The number of hydrogen-bond acceptors (Lipinski definition) is 4. The van der Waals surface area contributed by atoms with Crippen LogP contribution in [0.15, 0.2) is 54.6 Å². The van der Waals surface area contributed by atoms with Gasteiger partial charge in [0.15, 0.2) is 0 Å². The lowest BCUT2D eigenvalue weighted by Gasteiger charge is -2.33. The van der Waals surface area contributed by atoms with Crippen molar-refractivity contribution in [3.8, 4) is 16.9 Å². The van der Waals surface area contributed by atoms with Gasteiger partial charge in [-0.05, 0) is 30.3 Å². The van der Waals surface area contributed by atoms with Crippen LogP contribution < -0.4 is 4.74 Å². The second-order valence-corrected chi connectivity index (χ2v) is 6.46. The van der Waals surface area contributed by atoms with Gasteiger partial charge < -0.3 is 14.7 Å². The molecule has 1 fully saturated rings. The summed E-state index contributed by atoms with van der Waals surface area (Å²) in [6.45, 7) is 5.16. The molecule has 1 atom stereocenters. The van der Waals surface area contributed by atoms with Crippen LogP contribution in [0.4, 0.5) is 0 Å². The maximum atomic E-state index is 10.2. The van der Waals surface area contributed by atoms with Gasteiger partial charge in [0.1, 0.15) is 18.5 Å². The summed E-state index contributed by atoms with van der Waals surface area (Å²) in [6, 6.07) is 18.3. The van der Waals surface area contributed by atoms with Crippen molar-refractivity contribution in [3.05, 3.63) is 54.6 Å². The highest BCUT2D eigenvalue weighted by Crippen LogP contribution is 2.22. The molecule has 0 spiro atoms. The molecule has 0 bridgehead atoms. The Morgan fingerprint density at radius 1 is 0.917 bits per heavy atom. The molecule has 4 heteroatoms. The molecular weight excluding hydrogens is 300 g/mol. The highest BCUT2D eigenvalue weighted by Gasteiger charge is 2.17. The number of ether oxygens (including phenoxy) is 1. The van der Waals surface area contributed by atoms with E-state index in [9.17, 15) is 5.11 Å². The average molecular weight is 326 g/mol. The molecule has 0 aliphatic carbocycles. The summed E-state index contributed by atoms with van der Waals surface area (Å²) >= 11 is 0. The van der Waals surface area contributed by atoms with Crippen LogP contribution in [0.25, 0.3) is 11.1 Å². The molecule has 0 aromatic heterocycles. The fourth-order valence-corrected chi connectivity index (χ4v) is 2.95. The first-order valence-electron chi connectivity index (χ1n) is 8.58. The third-order valence-electron chi connectivity index (χ3n) is 4.47. The molecule has 0 amide bonds. The number of nitrogens with zero attached hydrogens (tertiary/aromatic N) is 2. The number of hydrogen-bond donors (Lipinski definition) is 1. The maximum Gasteiger partial charge on any atom is 0.119 e. The normalized spacial score (nSPS) is 17.6. The smallest absolute Gasteiger partial charge is 0.119 e. The first-order valence-corrected chi connectivity index (χ1v) is 8.58. The lowest BCUT2D eigenvalue weighted by atomic mass is 10.1. The molecule has 3 rings (SSSR count). The number of aliphatic hydroxyl groups is 1. The zero-order chi connectivity index (χ0) is 16.8. The topological polar surface area (TPSA) is 35.9 Å². The Morgan fingerprint density at radius 2 is 1.54 bits per heavy atom. The first kappa shape index (κ1) is 17.0. The molecule has 2 aromatic carbocycles. The molecule has 128 valence electrons. The molecule has 0 saturated carbocycles. The first-order chi connectivity index (χ1) is 11.7. The third-order valence-corrected chi connectivity index (χ3v) is 4.47.